The number of amides is 1. The molecule has 2 atom stereocenters. The van der Waals surface area contributed by atoms with Gasteiger partial charge in [0.15, 0.2) is 0 Å². The van der Waals surface area contributed by atoms with Gasteiger partial charge in [0, 0.05) is 12.6 Å². The first-order valence-electron chi connectivity index (χ1n) is 6.95. The number of carbonyl (C=O) groups is 1. The highest BCUT2D eigenvalue weighted by molar-refractivity contribution is 5.92. The van der Waals surface area contributed by atoms with Crippen molar-refractivity contribution in [3.8, 4) is 0 Å². The molecule has 3 rings (SSSR count). The van der Waals surface area contributed by atoms with E-state index < -0.39 is 0 Å². The third-order valence-electron chi connectivity index (χ3n) is 4.49. The Morgan fingerprint density at radius 3 is 2.76 bits per heavy atom. The van der Waals surface area contributed by atoms with Gasteiger partial charge in [-0.1, -0.05) is 13.3 Å². The molecule has 0 radical (unpaired) electrons. The summed E-state index contributed by atoms with van der Waals surface area (Å²) in [6.45, 7) is 4.37. The lowest BCUT2D eigenvalue weighted by Crippen LogP contribution is -2.45. The fourth-order valence-electron chi connectivity index (χ4n) is 3.37. The van der Waals surface area contributed by atoms with Crippen LogP contribution >= 0.6 is 0 Å². The van der Waals surface area contributed by atoms with Gasteiger partial charge in [0.2, 0.25) is 5.91 Å². The second-order valence-corrected chi connectivity index (χ2v) is 5.95. The second-order valence-electron chi connectivity index (χ2n) is 5.95. The third-order valence-corrected chi connectivity index (χ3v) is 4.49. The summed E-state index contributed by atoms with van der Waals surface area (Å²) in [5.74, 6) is 0.385. The highest BCUT2D eigenvalue weighted by atomic mass is 16.2. The van der Waals surface area contributed by atoms with Crippen LogP contribution in [0.15, 0.2) is 0 Å². The molecule has 2 aliphatic heterocycles. The van der Waals surface area contributed by atoms with Crippen molar-refractivity contribution in [1.82, 2.24) is 15.1 Å². The van der Waals surface area contributed by atoms with E-state index in [0.717, 1.165) is 45.2 Å². The Balaban J connectivity index is 1.77. The molecule has 2 unspecified atom stereocenters. The molecule has 0 aromatic carbocycles. The Morgan fingerprint density at radius 1 is 1.47 bits per heavy atom. The summed E-state index contributed by atoms with van der Waals surface area (Å²) in [5.41, 5.74) is -0.138. The molecule has 0 aromatic rings. The minimum absolute atomic E-state index is 0.138. The number of hydrogen-bond donors (Lipinski definition) is 1. The molecule has 3 fully saturated rings. The molecule has 1 spiro atoms. The lowest BCUT2D eigenvalue weighted by molar-refractivity contribution is -0.132. The smallest absolute Gasteiger partial charge is 0.244 e. The van der Waals surface area contributed by atoms with Crippen molar-refractivity contribution < 1.29 is 4.79 Å². The molecule has 2 saturated heterocycles. The molecule has 1 saturated carbocycles. The quantitative estimate of drug-likeness (QED) is 0.788. The van der Waals surface area contributed by atoms with Crippen LogP contribution in [-0.2, 0) is 4.79 Å². The van der Waals surface area contributed by atoms with Crippen molar-refractivity contribution in [3.05, 3.63) is 0 Å². The predicted molar refractivity (Wildman–Crippen MR) is 66.5 cm³/mol. The summed E-state index contributed by atoms with van der Waals surface area (Å²) >= 11 is 0. The molecule has 1 N–H and O–H groups in total. The van der Waals surface area contributed by atoms with Gasteiger partial charge in [-0.25, -0.2) is 0 Å². The predicted octanol–water partition coefficient (Wildman–Crippen LogP) is 0.781. The number of nitrogens with one attached hydrogen (secondary N) is 1. The lowest BCUT2D eigenvalue weighted by atomic mass is 10.1. The van der Waals surface area contributed by atoms with E-state index in [1.54, 1.807) is 0 Å². The maximum Gasteiger partial charge on any atom is 0.244 e. The number of likely N-dealkylation sites (tertiary alicyclic amines) is 1. The van der Waals surface area contributed by atoms with Crippen molar-refractivity contribution >= 4 is 5.91 Å². The molecule has 2 heterocycles. The third kappa shape index (κ3) is 1.78. The molecular formula is C13H23N3O. The van der Waals surface area contributed by atoms with E-state index in [4.69, 9.17) is 0 Å². The molecule has 17 heavy (non-hydrogen) atoms. The van der Waals surface area contributed by atoms with Gasteiger partial charge in [0.25, 0.3) is 0 Å². The van der Waals surface area contributed by atoms with Crippen molar-refractivity contribution in [1.29, 1.82) is 0 Å². The van der Waals surface area contributed by atoms with Gasteiger partial charge in [-0.15, -0.1) is 0 Å². The van der Waals surface area contributed by atoms with Gasteiger partial charge in [0.05, 0.1) is 11.7 Å². The number of likely N-dealkylation sites (N-methyl/N-ethyl adjacent to an activating group) is 1. The maximum absolute atomic E-state index is 12.5. The van der Waals surface area contributed by atoms with Crippen LogP contribution in [0.25, 0.3) is 0 Å². The van der Waals surface area contributed by atoms with E-state index in [1.807, 2.05) is 0 Å². The summed E-state index contributed by atoms with van der Waals surface area (Å²) in [5, 5.41) is 3.59. The maximum atomic E-state index is 12.5. The average molecular weight is 237 g/mol. The van der Waals surface area contributed by atoms with Crippen LogP contribution in [0.2, 0.25) is 0 Å². The first-order valence-corrected chi connectivity index (χ1v) is 6.95. The van der Waals surface area contributed by atoms with Crippen LogP contribution in [0.4, 0.5) is 0 Å². The highest BCUT2D eigenvalue weighted by Gasteiger charge is 2.60. The second kappa shape index (κ2) is 3.95. The van der Waals surface area contributed by atoms with Crippen molar-refractivity contribution in [2.45, 2.75) is 56.8 Å². The van der Waals surface area contributed by atoms with Gasteiger partial charge in [0.1, 0.15) is 0 Å². The van der Waals surface area contributed by atoms with Crippen LogP contribution in [0, 0.1) is 0 Å². The minimum atomic E-state index is -0.138. The molecule has 1 aliphatic carbocycles. The molecule has 4 heteroatoms. The average Bonchev–Trinajstić information content (AvgIpc) is 2.87. The first kappa shape index (κ1) is 11.5. The molecule has 0 aromatic heterocycles. The Hall–Kier alpha value is -0.610. The van der Waals surface area contributed by atoms with Crippen molar-refractivity contribution in [2.75, 3.05) is 20.1 Å². The summed E-state index contributed by atoms with van der Waals surface area (Å²) in [4.78, 5) is 17.0. The van der Waals surface area contributed by atoms with Gasteiger partial charge in [-0.2, -0.15) is 0 Å². The van der Waals surface area contributed by atoms with E-state index >= 15 is 0 Å². The van der Waals surface area contributed by atoms with E-state index in [2.05, 4.69) is 29.1 Å². The van der Waals surface area contributed by atoms with E-state index in [9.17, 15) is 4.79 Å². The van der Waals surface area contributed by atoms with Crippen LogP contribution in [0.3, 0.4) is 0 Å². The zero-order chi connectivity index (χ0) is 12.0. The Morgan fingerprint density at radius 2 is 2.24 bits per heavy atom. The largest absolute Gasteiger partial charge is 0.321 e. The van der Waals surface area contributed by atoms with E-state index in [1.165, 1.54) is 0 Å². The molecular weight excluding hydrogens is 214 g/mol. The normalized spacial score (nSPS) is 36.1. The van der Waals surface area contributed by atoms with Gasteiger partial charge in [-0.3, -0.25) is 10.1 Å². The van der Waals surface area contributed by atoms with Crippen LogP contribution < -0.4 is 5.32 Å². The zero-order valence-corrected chi connectivity index (χ0v) is 10.9. The Bertz CT molecular complexity index is 327. The van der Waals surface area contributed by atoms with E-state index in [-0.39, 0.29) is 5.54 Å². The summed E-state index contributed by atoms with van der Waals surface area (Å²) in [7, 11) is 2.15. The summed E-state index contributed by atoms with van der Waals surface area (Å²) in [6, 6.07) is 0.441. The zero-order valence-electron chi connectivity index (χ0n) is 10.9. The monoisotopic (exact) mass is 237 g/mol. The number of rotatable bonds is 3. The van der Waals surface area contributed by atoms with Crippen molar-refractivity contribution in [3.63, 3.8) is 0 Å². The van der Waals surface area contributed by atoms with Crippen LogP contribution in [-0.4, -0.2) is 53.6 Å². The SMILES string of the molecule is CCCC1NC2(CC2)C(=O)N1C1CCN(C)C1. The number of hydrogen-bond acceptors (Lipinski definition) is 3. The Kier molecular flexibility index (Phi) is 2.67. The molecule has 1 amide bonds. The van der Waals surface area contributed by atoms with Gasteiger partial charge in [-0.05, 0) is 39.3 Å². The first-order chi connectivity index (χ1) is 8.16. The fourth-order valence-corrected chi connectivity index (χ4v) is 3.37. The molecule has 0 bridgehead atoms. The fraction of sp³-hybridized carbons (Fsp3) is 0.923. The summed E-state index contributed by atoms with van der Waals surface area (Å²) in [6.07, 6.45) is 5.76. The topological polar surface area (TPSA) is 35.6 Å². The van der Waals surface area contributed by atoms with Crippen molar-refractivity contribution in [2.24, 2.45) is 0 Å². The Labute approximate surface area is 103 Å². The van der Waals surface area contributed by atoms with Crippen LogP contribution in [0.5, 0.6) is 0 Å². The molecule has 96 valence electrons. The summed E-state index contributed by atoms with van der Waals surface area (Å²) < 4.78 is 0. The highest BCUT2D eigenvalue weighted by Crippen LogP contribution is 2.44. The molecule has 4 nitrogen and oxygen atoms in total. The van der Waals surface area contributed by atoms with Gasteiger partial charge < -0.3 is 9.80 Å². The van der Waals surface area contributed by atoms with Crippen LogP contribution in [0.1, 0.15) is 39.0 Å². The standard InChI is InChI=1S/C13H23N3O/c1-3-4-11-14-13(6-7-13)12(17)16(11)10-5-8-15(2)9-10/h10-11,14H,3-9H2,1-2H3. The lowest BCUT2D eigenvalue weighted by Gasteiger charge is -2.30. The molecule has 3 aliphatic rings. The minimum Gasteiger partial charge on any atom is -0.321 e. The number of carbonyl (C=O) groups excluding carboxylic acids is 1. The van der Waals surface area contributed by atoms with Gasteiger partial charge >= 0.3 is 0 Å². The number of nitrogens with zero attached hydrogens (tertiary/aromatic N) is 2. The van der Waals surface area contributed by atoms with E-state index in [0.29, 0.717) is 18.1 Å².